The lowest BCUT2D eigenvalue weighted by Gasteiger charge is -2.15. The molecule has 0 aromatic heterocycles. The summed E-state index contributed by atoms with van der Waals surface area (Å²) in [6.45, 7) is 1.36. The van der Waals surface area contributed by atoms with Crippen molar-refractivity contribution >= 4 is 46.7 Å². The van der Waals surface area contributed by atoms with Crippen molar-refractivity contribution in [3.63, 3.8) is 0 Å². The van der Waals surface area contributed by atoms with E-state index in [9.17, 15) is 14.4 Å². The van der Waals surface area contributed by atoms with Crippen LogP contribution in [0.2, 0.25) is 10.0 Å². The highest BCUT2D eigenvalue weighted by atomic mass is 35.5. The fourth-order valence-corrected chi connectivity index (χ4v) is 3.27. The lowest BCUT2D eigenvalue weighted by molar-refractivity contribution is -0.130. The van der Waals surface area contributed by atoms with Crippen molar-refractivity contribution in [1.82, 2.24) is 10.2 Å². The predicted octanol–water partition coefficient (Wildman–Crippen LogP) is 3.40. The number of aryl methyl sites for hydroxylation is 1. The Morgan fingerprint density at radius 3 is 2.56 bits per heavy atom. The molecule has 0 aliphatic carbocycles. The molecule has 0 spiro atoms. The fraction of sp³-hybridized carbons (Fsp3) is 0.211. The number of amides is 4. The Labute approximate surface area is 166 Å². The van der Waals surface area contributed by atoms with Crippen molar-refractivity contribution < 1.29 is 14.4 Å². The maximum Gasteiger partial charge on any atom is 0.325 e. The number of carbonyl (C=O) groups is 3. The van der Waals surface area contributed by atoms with E-state index in [-0.39, 0.29) is 10.7 Å². The smallest absolute Gasteiger partial charge is 0.325 e. The summed E-state index contributed by atoms with van der Waals surface area (Å²) in [5, 5.41) is 5.77. The van der Waals surface area contributed by atoms with Gasteiger partial charge in [0.25, 0.3) is 5.91 Å². The number of urea groups is 1. The molecule has 1 heterocycles. The molecule has 1 aliphatic heterocycles. The monoisotopic (exact) mass is 405 g/mol. The minimum atomic E-state index is -0.696. The van der Waals surface area contributed by atoms with Crippen molar-refractivity contribution in [3.8, 4) is 0 Å². The summed E-state index contributed by atoms with van der Waals surface area (Å²) >= 11 is 12.2. The maximum atomic E-state index is 12.5. The zero-order chi connectivity index (χ0) is 19.6. The van der Waals surface area contributed by atoms with E-state index in [0.717, 1.165) is 16.0 Å². The average Bonchev–Trinajstić information content (AvgIpc) is 2.90. The van der Waals surface area contributed by atoms with E-state index in [2.05, 4.69) is 10.6 Å². The number of hydrogen-bond acceptors (Lipinski definition) is 3. The topological polar surface area (TPSA) is 78.5 Å². The van der Waals surface area contributed by atoms with Gasteiger partial charge in [-0.3, -0.25) is 14.5 Å². The van der Waals surface area contributed by atoms with Gasteiger partial charge in [0.1, 0.15) is 12.6 Å². The van der Waals surface area contributed by atoms with E-state index in [0.29, 0.717) is 11.4 Å². The molecule has 8 heteroatoms. The van der Waals surface area contributed by atoms with Crippen LogP contribution in [0, 0.1) is 6.92 Å². The normalized spacial score (nSPS) is 16.4. The van der Waals surface area contributed by atoms with Crippen LogP contribution in [0.4, 0.5) is 10.5 Å². The van der Waals surface area contributed by atoms with Gasteiger partial charge in [-0.25, -0.2) is 4.79 Å². The highest BCUT2D eigenvalue weighted by Gasteiger charge is 2.38. The van der Waals surface area contributed by atoms with Crippen molar-refractivity contribution in [3.05, 3.63) is 63.6 Å². The standard InChI is InChI=1S/C19H17Cl2N3O3/c1-11-7-8-13(20)17(16(11)21)23-15(25)10-24-18(26)14(22-19(24)27)9-12-5-3-2-4-6-12/h2-8,14H,9-10H2,1H3,(H,22,27)(H,23,25)/t14-/m0/s1. The molecule has 0 radical (unpaired) electrons. The molecule has 1 saturated heterocycles. The van der Waals surface area contributed by atoms with E-state index in [1.54, 1.807) is 19.1 Å². The highest BCUT2D eigenvalue weighted by Crippen LogP contribution is 2.32. The largest absolute Gasteiger partial charge is 0.325 e. The third-order valence-electron chi connectivity index (χ3n) is 4.24. The summed E-state index contributed by atoms with van der Waals surface area (Å²) in [5.74, 6) is -1.01. The third kappa shape index (κ3) is 4.23. The third-order valence-corrected chi connectivity index (χ3v) is 5.04. The first-order valence-corrected chi connectivity index (χ1v) is 9.02. The molecule has 6 nitrogen and oxygen atoms in total. The van der Waals surface area contributed by atoms with Crippen LogP contribution in [0.25, 0.3) is 0 Å². The number of imide groups is 1. The Morgan fingerprint density at radius 2 is 1.85 bits per heavy atom. The van der Waals surface area contributed by atoms with Crippen molar-refractivity contribution in [2.24, 2.45) is 0 Å². The number of carbonyl (C=O) groups excluding carboxylic acids is 3. The zero-order valence-electron chi connectivity index (χ0n) is 14.5. The first-order valence-electron chi connectivity index (χ1n) is 8.27. The Kier molecular flexibility index (Phi) is 5.68. The van der Waals surface area contributed by atoms with Crippen LogP contribution in [-0.2, 0) is 16.0 Å². The van der Waals surface area contributed by atoms with Crippen LogP contribution >= 0.6 is 23.2 Å². The minimum absolute atomic E-state index is 0.260. The van der Waals surface area contributed by atoms with E-state index < -0.39 is 30.4 Å². The van der Waals surface area contributed by atoms with Crippen LogP contribution in [0.3, 0.4) is 0 Å². The van der Waals surface area contributed by atoms with E-state index >= 15 is 0 Å². The van der Waals surface area contributed by atoms with Gasteiger partial charge in [0.05, 0.1) is 15.7 Å². The Balaban J connectivity index is 1.67. The quantitative estimate of drug-likeness (QED) is 0.748. The fourth-order valence-electron chi connectivity index (χ4n) is 2.81. The molecule has 2 aromatic carbocycles. The molecule has 2 N–H and O–H groups in total. The van der Waals surface area contributed by atoms with Crippen LogP contribution in [0.15, 0.2) is 42.5 Å². The minimum Gasteiger partial charge on any atom is -0.325 e. The molecule has 1 atom stereocenters. The van der Waals surface area contributed by atoms with Gasteiger partial charge in [-0.2, -0.15) is 0 Å². The predicted molar refractivity (Wildman–Crippen MR) is 104 cm³/mol. The number of nitrogens with zero attached hydrogens (tertiary/aromatic N) is 1. The Morgan fingerprint density at radius 1 is 1.15 bits per heavy atom. The highest BCUT2D eigenvalue weighted by molar-refractivity contribution is 6.40. The van der Waals surface area contributed by atoms with Crippen molar-refractivity contribution in [2.45, 2.75) is 19.4 Å². The van der Waals surface area contributed by atoms with Crippen molar-refractivity contribution in [1.29, 1.82) is 0 Å². The van der Waals surface area contributed by atoms with Gasteiger partial charge < -0.3 is 10.6 Å². The van der Waals surface area contributed by atoms with Gasteiger partial charge in [-0.15, -0.1) is 0 Å². The van der Waals surface area contributed by atoms with Crippen LogP contribution in [0.5, 0.6) is 0 Å². The summed E-state index contributed by atoms with van der Waals surface area (Å²) in [6.07, 6.45) is 0.360. The number of hydrogen-bond donors (Lipinski definition) is 2. The maximum absolute atomic E-state index is 12.5. The second kappa shape index (κ2) is 7.98. The Bertz CT molecular complexity index is 903. The van der Waals surface area contributed by atoms with Gasteiger partial charge in [0.15, 0.2) is 0 Å². The molecule has 0 unspecified atom stereocenters. The Hall–Kier alpha value is -2.57. The lowest BCUT2D eigenvalue weighted by Crippen LogP contribution is -2.38. The molecular formula is C19H17Cl2N3O3. The lowest BCUT2D eigenvalue weighted by atomic mass is 10.1. The van der Waals surface area contributed by atoms with E-state index in [1.165, 1.54) is 0 Å². The van der Waals surface area contributed by atoms with Gasteiger partial charge in [-0.1, -0.05) is 59.6 Å². The number of benzene rings is 2. The molecular weight excluding hydrogens is 389 g/mol. The number of anilines is 1. The summed E-state index contributed by atoms with van der Waals surface area (Å²) in [5.41, 5.74) is 1.92. The first-order chi connectivity index (χ1) is 12.9. The van der Waals surface area contributed by atoms with Gasteiger partial charge >= 0.3 is 6.03 Å². The molecule has 0 bridgehead atoms. The number of nitrogens with one attached hydrogen (secondary N) is 2. The molecule has 2 aromatic rings. The zero-order valence-corrected chi connectivity index (χ0v) is 16.0. The molecule has 27 heavy (non-hydrogen) atoms. The van der Waals surface area contributed by atoms with Crippen LogP contribution in [-0.4, -0.2) is 35.3 Å². The summed E-state index contributed by atoms with van der Waals surface area (Å²) in [4.78, 5) is 37.9. The summed E-state index contributed by atoms with van der Waals surface area (Å²) < 4.78 is 0. The van der Waals surface area contributed by atoms with E-state index in [4.69, 9.17) is 23.2 Å². The van der Waals surface area contributed by atoms with Gasteiger partial charge in [0, 0.05) is 6.42 Å². The van der Waals surface area contributed by atoms with Gasteiger partial charge in [0.2, 0.25) is 5.91 Å². The van der Waals surface area contributed by atoms with E-state index in [1.807, 2.05) is 30.3 Å². The second-order valence-electron chi connectivity index (χ2n) is 6.22. The molecule has 1 fully saturated rings. The summed E-state index contributed by atoms with van der Waals surface area (Å²) in [6, 6.07) is 11.4. The number of halogens is 2. The molecule has 140 valence electrons. The molecule has 1 aliphatic rings. The SMILES string of the molecule is Cc1ccc(Cl)c(NC(=O)CN2C(=O)N[C@@H](Cc3ccccc3)C2=O)c1Cl. The molecule has 3 rings (SSSR count). The number of rotatable bonds is 5. The summed E-state index contributed by atoms with van der Waals surface area (Å²) in [7, 11) is 0. The van der Waals surface area contributed by atoms with Gasteiger partial charge in [-0.05, 0) is 24.1 Å². The van der Waals surface area contributed by atoms with Crippen molar-refractivity contribution in [2.75, 3.05) is 11.9 Å². The molecule has 0 saturated carbocycles. The first kappa shape index (κ1) is 19.2. The second-order valence-corrected chi connectivity index (χ2v) is 7.00. The van der Waals surface area contributed by atoms with Crippen LogP contribution < -0.4 is 10.6 Å². The average molecular weight is 406 g/mol. The molecule has 4 amide bonds. The van der Waals surface area contributed by atoms with Crippen LogP contribution in [0.1, 0.15) is 11.1 Å².